The maximum atomic E-state index is 11.9. The summed E-state index contributed by atoms with van der Waals surface area (Å²) < 4.78 is 5.28. The second-order valence-corrected chi connectivity index (χ2v) is 4.65. The minimum absolute atomic E-state index is 0.0214. The number of hydrogen-bond donors (Lipinski definition) is 1. The van der Waals surface area contributed by atoms with Crippen LogP contribution in [0.15, 0.2) is 12.1 Å². The third-order valence-electron chi connectivity index (χ3n) is 2.52. The molecule has 1 aliphatic rings. The van der Waals surface area contributed by atoms with Crippen LogP contribution in [0.1, 0.15) is 23.3 Å². The Hall–Kier alpha value is -0.840. The molecule has 0 aliphatic carbocycles. The molecule has 2 rings (SSSR count). The molecule has 6 heteroatoms. The molecule has 1 saturated heterocycles. The Labute approximate surface area is 109 Å². The van der Waals surface area contributed by atoms with Crippen LogP contribution in [-0.2, 0) is 4.74 Å². The molecule has 92 valence electrons. The maximum absolute atomic E-state index is 11.9. The number of carbonyl (C=O) groups is 1. The summed E-state index contributed by atoms with van der Waals surface area (Å²) in [5, 5.41) is 3.38. The van der Waals surface area contributed by atoms with E-state index in [0.717, 1.165) is 19.4 Å². The molecule has 0 spiro atoms. The van der Waals surface area contributed by atoms with Crippen LogP contribution in [0.3, 0.4) is 0 Å². The third kappa shape index (κ3) is 3.31. The maximum Gasteiger partial charge on any atom is 0.271 e. The van der Waals surface area contributed by atoms with Gasteiger partial charge in [0.15, 0.2) is 0 Å². The molecule has 1 atom stereocenters. The molecule has 0 bridgehead atoms. The Morgan fingerprint density at radius 3 is 3.00 bits per heavy atom. The summed E-state index contributed by atoms with van der Waals surface area (Å²) >= 11 is 11.6. The second kappa shape index (κ2) is 5.67. The van der Waals surface area contributed by atoms with Gasteiger partial charge in [-0.15, -0.1) is 0 Å². The molecule has 0 radical (unpaired) electrons. The van der Waals surface area contributed by atoms with Gasteiger partial charge in [-0.25, -0.2) is 4.98 Å². The van der Waals surface area contributed by atoms with E-state index in [4.69, 9.17) is 27.9 Å². The Kier molecular flexibility index (Phi) is 4.20. The number of ether oxygens (including phenoxy) is 1. The molecule has 0 saturated carbocycles. The lowest BCUT2D eigenvalue weighted by atomic mass is 10.1. The van der Waals surface area contributed by atoms with E-state index in [-0.39, 0.29) is 22.8 Å². The molecule has 1 unspecified atom stereocenters. The van der Waals surface area contributed by atoms with Crippen LogP contribution in [0.4, 0.5) is 0 Å². The first-order valence-corrected chi connectivity index (χ1v) is 6.13. The second-order valence-electron chi connectivity index (χ2n) is 3.85. The Morgan fingerprint density at radius 2 is 2.29 bits per heavy atom. The zero-order valence-electron chi connectivity index (χ0n) is 9.08. The van der Waals surface area contributed by atoms with Crippen LogP contribution in [-0.4, -0.2) is 30.1 Å². The monoisotopic (exact) mass is 274 g/mol. The Balaban J connectivity index is 2.05. The number of nitrogens with zero attached hydrogens (tertiary/aromatic N) is 1. The van der Waals surface area contributed by atoms with Crippen LogP contribution in [0, 0.1) is 0 Å². The predicted molar refractivity (Wildman–Crippen MR) is 65.6 cm³/mol. The summed E-state index contributed by atoms with van der Waals surface area (Å²) in [5.41, 5.74) is 0.157. The third-order valence-corrected chi connectivity index (χ3v) is 3.04. The van der Waals surface area contributed by atoms with Crippen molar-refractivity contribution < 1.29 is 9.53 Å². The number of halogens is 2. The van der Waals surface area contributed by atoms with Crippen LogP contribution >= 0.6 is 23.2 Å². The largest absolute Gasteiger partial charge is 0.379 e. The van der Waals surface area contributed by atoms with E-state index in [1.807, 2.05) is 0 Å². The average molecular weight is 275 g/mol. The first-order chi connectivity index (χ1) is 8.16. The van der Waals surface area contributed by atoms with Gasteiger partial charge in [0.1, 0.15) is 10.8 Å². The SMILES string of the molecule is O=C(NC1CCCOC1)c1nc(Cl)ccc1Cl. The van der Waals surface area contributed by atoms with Crippen molar-refractivity contribution >= 4 is 29.1 Å². The van der Waals surface area contributed by atoms with Gasteiger partial charge in [0.05, 0.1) is 17.7 Å². The highest BCUT2D eigenvalue weighted by Gasteiger charge is 2.19. The quantitative estimate of drug-likeness (QED) is 0.842. The van der Waals surface area contributed by atoms with Crippen LogP contribution < -0.4 is 5.32 Å². The van der Waals surface area contributed by atoms with Gasteiger partial charge in [-0.05, 0) is 25.0 Å². The summed E-state index contributed by atoms with van der Waals surface area (Å²) in [5.74, 6) is -0.312. The van der Waals surface area contributed by atoms with Crippen LogP contribution in [0.25, 0.3) is 0 Å². The smallest absolute Gasteiger partial charge is 0.271 e. The summed E-state index contributed by atoms with van der Waals surface area (Å²) in [6.45, 7) is 1.28. The van der Waals surface area contributed by atoms with E-state index in [1.165, 1.54) is 0 Å². The molecular formula is C11H12Cl2N2O2. The van der Waals surface area contributed by atoms with E-state index < -0.39 is 0 Å². The number of rotatable bonds is 2. The number of nitrogens with one attached hydrogen (secondary N) is 1. The van der Waals surface area contributed by atoms with Crippen molar-refractivity contribution in [3.8, 4) is 0 Å². The van der Waals surface area contributed by atoms with Gasteiger partial charge in [-0.2, -0.15) is 0 Å². The van der Waals surface area contributed by atoms with Crippen LogP contribution in [0.5, 0.6) is 0 Å². The first-order valence-electron chi connectivity index (χ1n) is 5.37. The highest BCUT2D eigenvalue weighted by Crippen LogP contribution is 2.17. The van der Waals surface area contributed by atoms with Crippen LogP contribution in [0.2, 0.25) is 10.2 Å². The fourth-order valence-electron chi connectivity index (χ4n) is 1.69. The highest BCUT2D eigenvalue weighted by molar-refractivity contribution is 6.34. The topological polar surface area (TPSA) is 51.2 Å². The highest BCUT2D eigenvalue weighted by atomic mass is 35.5. The molecule has 1 N–H and O–H groups in total. The Bertz CT molecular complexity index is 420. The summed E-state index contributed by atoms with van der Waals surface area (Å²) in [6.07, 6.45) is 1.85. The molecule has 17 heavy (non-hydrogen) atoms. The van der Waals surface area contributed by atoms with Gasteiger partial charge in [0.2, 0.25) is 0 Å². The lowest BCUT2D eigenvalue weighted by Crippen LogP contribution is -2.41. The average Bonchev–Trinajstić information content (AvgIpc) is 2.33. The number of aromatic nitrogens is 1. The zero-order chi connectivity index (χ0) is 12.3. The molecule has 1 amide bonds. The number of hydrogen-bond acceptors (Lipinski definition) is 3. The van der Waals surface area contributed by atoms with Gasteiger partial charge < -0.3 is 10.1 Å². The summed E-state index contributed by atoms with van der Waals surface area (Å²) in [7, 11) is 0. The minimum Gasteiger partial charge on any atom is -0.379 e. The van der Waals surface area contributed by atoms with E-state index in [0.29, 0.717) is 11.6 Å². The fourth-order valence-corrected chi connectivity index (χ4v) is 2.02. The van der Waals surface area contributed by atoms with Crippen molar-refractivity contribution in [2.75, 3.05) is 13.2 Å². The molecule has 2 heterocycles. The minimum atomic E-state index is -0.312. The van der Waals surface area contributed by atoms with Gasteiger partial charge in [0, 0.05) is 6.61 Å². The predicted octanol–water partition coefficient (Wildman–Crippen LogP) is 2.30. The van der Waals surface area contributed by atoms with Crippen molar-refractivity contribution in [2.45, 2.75) is 18.9 Å². The summed E-state index contributed by atoms with van der Waals surface area (Å²) in [4.78, 5) is 15.8. The molecular weight excluding hydrogens is 263 g/mol. The van der Waals surface area contributed by atoms with E-state index in [1.54, 1.807) is 12.1 Å². The van der Waals surface area contributed by atoms with Crippen molar-refractivity contribution in [1.82, 2.24) is 10.3 Å². The molecule has 1 aromatic heterocycles. The number of carbonyl (C=O) groups excluding carboxylic acids is 1. The van der Waals surface area contributed by atoms with E-state index >= 15 is 0 Å². The molecule has 4 nitrogen and oxygen atoms in total. The lowest BCUT2D eigenvalue weighted by Gasteiger charge is -2.23. The van der Waals surface area contributed by atoms with E-state index in [2.05, 4.69) is 10.3 Å². The molecule has 1 fully saturated rings. The van der Waals surface area contributed by atoms with Gasteiger partial charge >= 0.3 is 0 Å². The fraction of sp³-hybridized carbons (Fsp3) is 0.455. The Morgan fingerprint density at radius 1 is 1.47 bits per heavy atom. The van der Waals surface area contributed by atoms with Crippen molar-refractivity contribution in [3.05, 3.63) is 28.0 Å². The number of amides is 1. The van der Waals surface area contributed by atoms with Crippen molar-refractivity contribution in [2.24, 2.45) is 0 Å². The van der Waals surface area contributed by atoms with Crippen molar-refractivity contribution in [3.63, 3.8) is 0 Å². The lowest BCUT2D eigenvalue weighted by molar-refractivity contribution is 0.0622. The van der Waals surface area contributed by atoms with Gasteiger partial charge in [-0.3, -0.25) is 4.79 Å². The first kappa shape index (κ1) is 12.6. The van der Waals surface area contributed by atoms with Crippen molar-refractivity contribution in [1.29, 1.82) is 0 Å². The standard InChI is InChI=1S/C11H12Cl2N2O2/c12-8-3-4-9(13)15-10(8)11(16)14-7-2-1-5-17-6-7/h3-4,7H,1-2,5-6H2,(H,14,16). The molecule has 0 aromatic carbocycles. The van der Waals surface area contributed by atoms with Gasteiger partial charge in [-0.1, -0.05) is 23.2 Å². The zero-order valence-corrected chi connectivity index (χ0v) is 10.6. The van der Waals surface area contributed by atoms with E-state index in [9.17, 15) is 4.79 Å². The molecule has 1 aromatic rings. The normalized spacial score (nSPS) is 20.0. The summed E-state index contributed by atoms with van der Waals surface area (Å²) in [6, 6.07) is 3.13. The number of pyridine rings is 1. The van der Waals surface area contributed by atoms with Gasteiger partial charge in [0.25, 0.3) is 5.91 Å². The molecule has 1 aliphatic heterocycles.